The first-order valence-electron chi connectivity index (χ1n) is 13.4. The van der Waals surface area contributed by atoms with E-state index in [1.165, 1.54) is 32.6 Å². The zero-order valence-electron chi connectivity index (χ0n) is 20.9. The summed E-state index contributed by atoms with van der Waals surface area (Å²) in [6, 6.07) is 0. The van der Waals surface area contributed by atoms with Gasteiger partial charge in [-0.1, -0.05) is 33.6 Å². The monoisotopic (exact) mass is 444 g/mol. The van der Waals surface area contributed by atoms with Crippen LogP contribution in [0, 0.1) is 45.8 Å². The number of hydrogen-bond donors (Lipinski definition) is 1. The summed E-state index contributed by atoms with van der Waals surface area (Å²) in [6.07, 6.45) is 11.5. The third-order valence-corrected chi connectivity index (χ3v) is 12.2. The van der Waals surface area contributed by atoms with Gasteiger partial charge in [0.15, 0.2) is 0 Å². The average Bonchev–Trinajstić information content (AvgIpc) is 3.00. The van der Waals surface area contributed by atoms with E-state index in [9.17, 15) is 14.7 Å². The molecule has 0 amide bonds. The largest absolute Gasteiger partial charge is 0.462 e. The van der Waals surface area contributed by atoms with Crippen LogP contribution < -0.4 is 0 Å². The normalized spacial score (nSPS) is 54.6. The highest BCUT2D eigenvalue weighted by Crippen LogP contribution is 2.75. The van der Waals surface area contributed by atoms with Gasteiger partial charge >= 0.3 is 5.97 Å². The molecular weight excluding hydrogens is 400 g/mol. The maximum atomic E-state index is 13.3. The first-order chi connectivity index (χ1) is 15.0. The topological polar surface area (TPSA) is 63.6 Å². The Morgan fingerprint density at radius 1 is 0.906 bits per heavy atom. The van der Waals surface area contributed by atoms with Crippen LogP contribution in [0.2, 0.25) is 0 Å². The Morgan fingerprint density at radius 2 is 1.62 bits per heavy atom. The summed E-state index contributed by atoms with van der Waals surface area (Å²) >= 11 is 0. The third kappa shape index (κ3) is 2.71. The molecule has 32 heavy (non-hydrogen) atoms. The number of carbonyl (C=O) groups is 2. The van der Waals surface area contributed by atoms with Gasteiger partial charge in [-0.15, -0.1) is 0 Å². The molecule has 5 aliphatic carbocycles. The molecule has 0 aromatic heterocycles. The number of rotatable bonds is 2. The van der Waals surface area contributed by atoms with Crippen LogP contribution in [0.4, 0.5) is 0 Å². The lowest BCUT2D eigenvalue weighted by Crippen LogP contribution is -2.66. The zero-order valence-corrected chi connectivity index (χ0v) is 20.9. The van der Waals surface area contributed by atoms with Gasteiger partial charge in [0.1, 0.15) is 11.9 Å². The summed E-state index contributed by atoms with van der Waals surface area (Å²) in [7, 11) is 0. The molecule has 4 heteroatoms. The Balaban J connectivity index is 1.49. The molecule has 5 rings (SSSR count). The van der Waals surface area contributed by atoms with Crippen molar-refractivity contribution in [3.63, 3.8) is 0 Å². The second kappa shape index (κ2) is 7.30. The van der Waals surface area contributed by atoms with Gasteiger partial charge in [-0.25, -0.2) is 0 Å². The summed E-state index contributed by atoms with van der Waals surface area (Å²) in [6.45, 7) is 10.4. The molecule has 0 radical (unpaired) electrons. The molecule has 10 atom stereocenters. The molecular formula is C28H44O4. The molecule has 0 aliphatic heterocycles. The molecule has 1 N–H and O–H groups in total. The minimum absolute atomic E-state index is 0.105. The average molecular weight is 445 g/mol. The van der Waals surface area contributed by atoms with Crippen molar-refractivity contribution in [3.8, 4) is 0 Å². The minimum Gasteiger partial charge on any atom is -0.462 e. The summed E-state index contributed by atoms with van der Waals surface area (Å²) in [5, 5.41) is 12.1. The van der Waals surface area contributed by atoms with Gasteiger partial charge < -0.3 is 9.84 Å². The smallest absolute Gasteiger partial charge is 0.302 e. The first-order valence-corrected chi connectivity index (χ1v) is 13.4. The summed E-state index contributed by atoms with van der Waals surface area (Å²) in [4.78, 5) is 24.9. The fourth-order valence-corrected chi connectivity index (χ4v) is 10.8. The molecule has 0 spiro atoms. The Kier molecular flexibility index (Phi) is 5.22. The fraction of sp³-hybridized carbons (Fsp3) is 0.929. The second-order valence-electron chi connectivity index (χ2n) is 13.0. The SMILES string of the molecule is CC(=O)OC1CCC2(C)C3CCC4(C)C(CC5CCCCC54C(C)=O)C3CC(C)C2(O)C1. The Bertz CT molecular complexity index is 807. The van der Waals surface area contributed by atoms with Crippen LogP contribution in [0.15, 0.2) is 0 Å². The summed E-state index contributed by atoms with van der Waals surface area (Å²) in [5.41, 5.74) is -0.897. The van der Waals surface area contributed by atoms with Crippen LogP contribution in [0.3, 0.4) is 0 Å². The molecule has 0 saturated heterocycles. The van der Waals surface area contributed by atoms with Crippen molar-refractivity contribution in [2.45, 2.75) is 117 Å². The Morgan fingerprint density at radius 3 is 2.31 bits per heavy atom. The molecule has 0 aromatic carbocycles. The van der Waals surface area contributed by atoms with E-state index < -0.39 is 5.60 Å². The van der Waals surface area contributed by atoms with Crippen LogP contribution in [0.25, 0.3) is 0 Å². The number of hydrogen-bond acceptors (Lipinski definition) is 4. The number of esters is 1. The molecule has 0 aromatic rings. The van der Waals surface area contributed by atoms with Gasteiger partial charge in [0.25, 0.3) is 0 Å². The highest BCUT2D eigenvalue weighted by Gasteiger charge is 2.72. The maximum absolute atomic E-state index is 13.3. The van der Waals surface area contributed by atoms with Gasteiger partial charge in [-0.2, -0.15) is 0 Å². The molecule has 180 valence electrons. The number of ketones is 1. The van der Waals surface area contributed by atoms with Crippen molar-refractivity contribution in [2.24, 2.45) is 45.8 Å². The number of carbonyl (C=O) groups excluding carboxylic acids is 2. The van der Waals surface area contributed by atoms with Crippen molar-refractivity contribution in [1.82, 2.24) is 0 Å². The van der Waals surface area contributed by atoms with Gasteiger partial charge in [-0.3, -0.25) is 9.59 Å². The van der Waals surface area contributed by atoms with Gasteiger partial charge in [0.2, 0.25) is 0 Å². The molecule has 0 heterocycles. The quantitative estimate of drug-likeness (QED) is 0.555. The van der Waals surface area contributed by atoms with Crippen LogP contribution >= 0.6 is 0 Å². The van der Waals surface area contributed by atoms with Crippen molar-refractivity contribution < 1.29 is 19.4 Å². The second-order valence-corrected chi connectivity index (χ2v) is 13.0. The van der Waals surface area contributed by atoms with Crippen molar-refractivity contribution in [3.05, 3.63) is 0 Å². The van der Waals surface area contributed by atoms with E-state index in [4.69, 9.17) is 4.74 Å². The number of Topliss-reactive ketones (excluding diaryl/α,β-unsaturated/α-hetero) is 1. The van der Waals surface area contributed by atoms with E-state index in [0.717, 1.165) is 38.5 Å². The highest BCUT2D eigenvalue weighted by atomic mass is 16.5. The lowest BCUT2D eigenvalue weighted by molar-refractivity contribution is -0.248. The van der Waals surface area contributed by atoms with Crippen LogP contribution in [0.5, 0.6) is 0 Å². The van der Waals surface area contributed by atoms with Crippen molar-refractivity contribution in [1.29, 1.82) is 0 Å². The maximum Gasteiger partial charge on any atom is 0.302 e. The van der Waals surface area contributed by atoms with Crippen molar-refractivity contribution in [2.75, 3.05) is 0 Å². The lowest BCUT2D eigenvalue weighted by atomic mass is 9.40. The van der Waals surface area contributed by atoms with E-state index in [1.807, 2.05) is 6.92 Å². The van der Waals surface area contributed by atoms with E-state index in [1.54, 1.807) is 0 Å². The van der Waals surface area contributed by atoms with Gasteiger partial charge in [-0.05, 0) is 98.7 Å². The number of fused-ring (bicyclic) bond motifs is 7. The molecule has 4 nitrogen and oxygen atoms in total. The molecule has 5 fully saturated rings. The Hall–Kier alpha value is -0.900. The van der Waals surface area contributed by atoms with Gasteiger partial charge in [0, 0.05) is 18.8 Å². The van der Waals surface area contributed by atoms with E-state index >= 15 is 0 Å². The number of ether oxygens (including phenoxy) is 1. The Labute approximate surface area is 194 Å². The standard InChI is InChI=1S/C28H44O4/c1-17-14-22-23(26(5)12-9-21(32-19(3)30)16-28(17,26)31)10-13-25(4)24(22)15-20-8-6-7-11-27(20,25)18(2)29/h17,20-24,31H,6-16H2,1-5H3. The zero-order chi connectivity index (χ0) is 23.1. The van der Waals surface area contributed by atoms with Crippen molar-refractivity contribution >= 4 is 11.8 Å². The number of aliphatic hydroxyl groups is 1. The molecule has 0 bridgehead atoms. The fourth-order valence-electron chi connectivity index (χ4n) is 10.8. The third-order valence-electron chi connectivity index (χ3n) is 12.2. The van der Waals surface area contributed by atoms with Crippen LogP contribution in [-0.2, 0) is 14.3 Å². The summed E-state index contributed by atoms with van der Waals surface area (Å²) in [5.74, 6) is 2.67. The lowest BCUT2D eigenvalue weighted by Gasteiger charge is -2.66. The highest BCUT2D eigenvalue weighted by molar-refractivity contribution is 5.84. The van der Waals surface area contributed by atoms with E-state index in [0.29, 0.717) is 35.9 Å². The van der Waals surface area contributed by atoms with Crippen LogP contribution in [-0.4, -0.2) is 28.6 Å². The minimum atomic E-state index is -0.774. The van der Waals surface area contributed by atoms with Gasteiger partial charge in [0.05, 0.1) is 5.60 Å². The van der Waals surface area contributed by atoms with E-state index in [-0.39, 0.29) is 34.2 Å². The van der Waals surface area contributed by atoms with Crippen LogP contribution in [0.1, 0.15) is 105 Å². The predicted octanol–water partition coefficient (Wildman–Crippen LogP) is 5.70. The predicted molar refractivity (Wildman–Crippen MR) is 124 cm³/mol. The molecule has 5 aliphatic rings. The molecule has 5 saturated carbocycles. The summed E-state index contributed by atoms with van der Waals surface area (Å²) < 4.78 is 5.59. The first kappa shape index (κ1) is 22.9. The van der Waals surface area contributed by atoms with E-state index in [2.05, 4.69) is 20.8 Å². The molecule has 10 unspecified atom stereocenters.